The van der Waals surface area contributed by atoms with E-state index in [0.29, 0.717) is 12.7 Å². The average Bonchev–Trinajstić information content (AvgIpc) is 2.61. The van der Waals surface area contributed by atoms with E-state index in [4.69, 9.17) is 15.4 Å². The van der Waals surface area contributed by atoms with Gasteiger partial charge in [0, 0.05) is 16.1 Å². The second-order valence-electron chi connectivity index (χ2n) is 7.30. The van der Waals surface area contributed by atoms with E-state index in [9.17, 15) is 8.42 Å². The number of halogens is 1. The van der Waals surface area contributed by atoms with E-state index in [2.05, 4.69) is 6.92 Å². The molecule has 5 heteroatoms. The largest absolute Gasteiger partial charge is 0.378 e. The van der Waals surface area contributed by atoms with Gasteiger partial charge in [0.05, 0.1) is 18.5 Å². The molecule has 0 aliphatic heterocycles. The molecule has 0 aromatic heterocycles. The summed E-state index contributed by atoms with van der Waals surface area (Å²) in [6.07, 6.45) is 11.5. The number of hydrogen-bond donors (Lipinski definition) is 0. The maximum atomic E-state index is 11.6. The lowest BCUT2D eigenvalue weighted by molar-refractivity contribution is -0.0319. The minimum absolute atomic E-state index is 0.0732. The molecule has 0 N–H and O–H groups in total. The summed E-state index contributed by atoms with van der Waals surface area (Å²) in [4.78, 5) is 0. The molecule has 21 heavy (non-hydrogen) atoms. The van der Waals surface area contributed by atoms with Crippen LogP contribution in [0.4, 0.5) is 0 Å². The second kappa shape index (κ2) is 7.65. The maximum absolute atomic E-state index is 11.6. The molecule has 2 rings (SSSR count). The van der Waals surface area contributed by atoms with Crippen LogP contribution in [-0.2, 0) is 13.8 Å². The fourth-order valence-corrected chi connectivity index (χ4v) is 5.80. The molecule has 0 heterocycles. The molecule has 2 atom stereocenters. The van der Waals surface area contributed by atoms with Crippen LogP contribution in [0, 0.1) is 11.3 Å². The zero-order chi connectivity index (χ0) is 15.3. The predicted molar refractivity (Wildman–Crippen MR) is 87.1 cm³/mol. The van der Waals surface area contributed by atoms with Crippen LogP contribution in [0.5, 0.6) is 0 Å². The molecule has 3 nitrogen and oxygen atoms in total. The van der Waals surface area contributed by atoms with Gasteiger partial charge < -0.3 is 4.74 Å². The van der Waals surface area contributed by atoms with Crippen LogP contribution in [0.15, 0.2) is 0 Å². The minimum atomic E-state index is -3.47. The van der Waals surface area contributed by atoms with Crippen molar-refractivity contribution in [2.75, 3.05) is 12.4 Å². The monoisotopic (exact) mass is 336 g/mol. The maximum Gasteiger partial charge on any atom is 0.233 e. The third-order valence-corrected chi connectivity index (χ3v) is 6.44. The van der Waals surface area contributed by atoms with Crippen molar-refractivity contribution >= 4 is 19.7 Å². The predicted octanol–water partition coefficient (Wildman–Crippen LogP) is 4.49. The zero-order valence-corrected chi connectivity index (χ0v) is 14.7. The summed E-state index contributed by atoms with van der Waals surface area (Å²) in [5.41, 5.74) is -0.252. The van der Waals surface area contributed by atoms with Crippen LogP contribution in [0.25, 0.3) is 0 Å². The summed E-state index contributed by atoms with van der Waals surface area (Å²) >= 11 is 0. The molecular formula is C16H29ClO3S. The molecule has 0 bridgehead atoms. The van der Waals surface area contributed by atoms with E-state index in [0.717, 1.165) is 44.4 Å². The van der Waals surface area contributed by atoms with Crippen LogP contribution < -0.4 is 0 Å². The quantitative estimate of drug-likeness (QED) is 0.548. The van der Waals surface area contributed by atoms with Crippen molar-refractivity contribution in [2.45, 2.75) is 77.2 Å². The molecule has 124 valence electrons. The first-order chi connectivity index (χ1) is 9.89. The molecule has 2 aliphatic rings. The number of ether oxygens (including phenoxy) is 1. The molecule has 2 aliphatic carbocycles. The van der Waals surface area contributed by atoms with E-state index in [-0.39, 0.29) is 11.2 Å². The molecule has 0 aromatic rings. The standard InChI is InChI=1S/C16H29ClO3S/c1-14-7-6-8-15(11-14)20-12-16(13-21(17,18)19)9-4-2-3-5-10-16/h14-15H,2-13H2,1H3. The highest BCUT2D eigenvalue weighted by molar-refractivity contribution is 8.13. The Morgan fingerprint density at radius 1 is 1.10 bits per heavy atom. The molecule has 0 aromatic carbocycles. The minimum Gasteiger partial charge on any atom is -0.378 e. The highest BCUT2D eigenvalue weighted by atomic mass is 35.7. The lowest BCUT2D eigenvalue weighted by Crippen LogP contribution is -2.36. The second-order valence-corrected chi connectivity index (χ2v) is 10.1. The van der Waals surface area contributed by atoms with Crippen molar-refractivity contribution in [3.63, 3.8) is 0 Å². The van der Waals surface area contributed by atoms with E-state index in [1.165, 1.54) is 25.7 Å². The van der Waals surface area contributed by atoms with Gasteiger partial charge in [-0.05, 0) is 31.6 Å². The lowest BCUT2D eigenvalue weighted by atomic mass is 9.82. The fourth-order valence-electron chi connectivity index (χ4n) is 4.00. The Morgan fingerprint density at radius 2 is 1.76 bits per heavy atom. The third-order valence-electron chi connectivity index (χ3n) is 5.16. The normalized spacial score (nSPS) is 30.8. The topological polar surface area (TPSA) is 43.4 Å². The van der Waals surface area contributed by atoms with Crippen LogP contribution in [0.2, 0.25) is 0 Å². The van der Waals surface area contributed by atoms with Crippen molar-refractivity contribution in [3.05, 3.63) is 0 Å². The van der Waals surface area contributed by atoms with Crippen LogP contribution in [-0.4, -0.2) is 26.9 Å². The van der Waals surface area contributed by atoms with Gasteiger partial charge in [0.1, 0.15) is 0 Å². The van der Waals surface area contributed by atoms with Gasteiger partial charge in [-0.3, -0.25) is 0 Å². The van der Waals surface area contributed by atoms with E-state index < -0.39 is 9.05 Å². The van der Waals surface area contributed by atoms with Gasteiger partial charge in [-0.2, -0.15) is 0 Å². The Kier molecular flexibility index (Phi) is 6.39. The van der Waals surface area contributed by atoms with Gasteiger partial charge in [0.2, 0.25) is 9.05 Å². The zero-order valence-electron chi connectivity index (χ0n) is 13.2. The van der Waals surface area contributed by atoms with Crippen molar-refractivity contribution in [3.8, 4) is 0 Å². The molecule has 0 saturated heterocycles. The van der Waals surface area contributed by atoms with E-state index in [1.807, 2.05) is 0 Å². The fraction of sp³-hybridized carbons (Fsp3) is 1.00. The van der Waals surface area contributed by atoms with Crippen molar-refractivity contribution in [2.24, 2.45) is 11.3 Å². The van der Waals surface area contributed by atoms with E-state index >= 15 is 0 Å². The van der Waals surface area contributed by atoms with Crippen LogP contribution >= 0.6 is 10.7 Å². The molecule has 0 amide bonds. The van der Waals surface area contributed by atoms with Crippen LogP contribution in [0.3, 0.4) is 0 Å². The Morgan fingerprint density at radius 3 is 2.33 bits per heavy atom. The smallest absolute Gasteiger partial charge is 0.233 e. The van der Waals surface area contributed by atoms with Gasteiger partial charge in [-0.25, -0.2) is 8.42 Å². The first-order valence-corrected chi connectivity index (χ1v) is 10.9. The highest BCUT2D eigenvalue weighted by Gasteiger charge is 2.36. The van der Waals surface area contributed by atoms with Crippen molar-refractivity contribution in [1.82, 2.24) is 0 Å². The van der Waals surface area contributed by atoms with Gasteiger partial charge in [-0.15, -0.1) is 0 Å². The summed E-state index contributed by atoms with van der Waals surface area (Å²) in [7, 11) is 2.10. The average molecular weight is 337 g/mol. The molecule has 0 spiro atoms. The van der Waals surface area contributed by atoms with E-state index in [1.54, 1.807) is 0 Å². The SMILES string of the molecule is CC1CCCC(OCC2(CS(=O)(=O)Cl)CCCCCC2)C1. The molecular weight excluding hydrogens is 308 g/mol. The van der Waals surface area contributed by atoms with Gasteiger partial charge >= 0.3 is 0 Å². The highest BCUT2D eigenvalue weighted by Crippen LogP contribution is 2.38. The first-order valence-electron chi connectivity index (χ1n) is 8.43. The van der Waals surface area contributed by atoms with Crippen molar-refractivity contribution < 1.29 is 13.2 Å². The Balaban J connectivity index is 1.97. The number of hydrogen-bond acceptors (Lipinski definition) is 3. The summed E-state index contributed by atoms with van der Waals surface area (Å²) in [5.74, 6) is 0.801. The molecule has 0 radical (unpaired) electrons. The summed E-state index contributed by atoms with van der Waals surface area (Å²) in [6, 6.07) is 0. The number of rotatable bonds is 5. The van der Waals surface area contributed by atoms with Gasteiger partial charge in [-0.1, -0.05) is 45.4 Å². The Bertz CT molecular complexity index is 413. The summed E-state index contributed by atoms with van der Waals surface area (Å²) in [5, 5.41) is 0. The third kappa shape index (κ3) is 6.07. The molecule has 2 fully saturated rings. The lowest BCUT2D eigenvalue weighted by Gasteiger charge is -2.35. The summed E-state index contributed by atoms with van der Waals surface area (Å²) in [6.45, 7) is 2.84. The van der Waals surface area contributed by atoms with Crippen LogP contribution in [0.1, 0.15) is 71.1 Å². The first kappa shape index (κ1) is 17.6. The Labute approximate surface area is 134 Å². The summed E-state index contributed by atoms with van der Waals surface area (Å²) < 4.78 is 29.4. The van der Waals surface area contributed by atoms with Gasteiger partial charge in [0.25, 0.3) is 0 Å². The molecule has 2 saturated carbocycles. The molecule has 2 unspecified atom stereocenters. The Hall–Kier alpha value is 0.200. The van der Waals surface area contributed by atoms with Crippen molar-refractivity contribution in [1.29, 1.82) is 0 Å². The van der Waals surface area contributed by atoms with Gasteiger partial charge in [0.15, 0.2) is 0 Å².